The van der Waals surface area contributed by atoms with Crippen LogP contribution in [0.2, 0.25) is 0 Å². The van der Waals surface area contributed by atoms with Crippen molar-refractivity contribution in [2.45, 2.75) is 39.2 Å². The first kappa shape index (κ1) is 17.0. The molecule has 0 aromatic carbocycles. The Balaban J connectivity index is 2.66. The van der Waals surface area contributed by atoms with E-state index in [4.69, 9.17) is 9.47 Å². The van der Waals surface area contributed by atoms with E-state index in [2.05, 4.69) is 5.32 Å². The molecule has 21 heavy (non-hydrogen) atoms. The maximum absolute atomic E-state index is 11.4. The number of carboxylic acid groups (broad SMARTS) is 1. The molecule has 1 rings (SSSR count). The van der Waals surface area contributed by atoms with E-state index in [9.17, 15) is 19.5 Å². The van der Waals surface area contributed by atoms with Crippen LogP contribution in [0.5, 0.6) is 0 Å². The number of esters is 2. The molecule has 118 valence electrons. The van der Waals surface area contributed by atoms with Crippen molar-refractivity contribution in [3.05, 3.63) is 11.8 Å². The van der Waals surface area contributed by atoms with E-state index in [1.807, 2.05) is 0 Å². The Morgan fingerprint density at radius 3 is 2.43 bits per heavy atom. The van der Waals surface area contributed by atoms with Crippen LogP contribution >= 0.6 is 0 Å². The summed E-state index contributed by atoms with van der Waals surface area (Å²) in [5.41, 5.74) is -0.818. The summed E-state index contributed by atoms with van der Waals surface area (Å²) in [5, 5.41) is 12.2. The van der Waals surface area contributed by atoms with Crippen LogP contribution in [0.25, 0.3) is 0 Å². The Kier molecular flexibility index (Phi) is 5.75. The van der Waals surface area contributed by atoms with Gasteiger partial charge in [-0.1, -0.05) is 0 Å². The van der Waals surface area contributed by atoms with Gasteiger partial charge in [0.1, 0.15) is 5.54 Å². The second-order valence-electron chi connectivity index (χ2n) is 4.89. The third kappa shape index (κ3) is 4.47. The SMILES string of the molecule is CCOC(=O)/C=C(\C)NC1(C(=O)O)CC1CC(=O)OCC. The molecule has 0 heterocycles. The minimum absolute atomic E-state index is 0.0415. The fraction of sp³-hybridized carbons (Fsp3) is 0.643. The Morgan fingerprint density at radius 2 is 1.90 bits per heavy atom. The molecule has 1 aliphatic rings. The zero-order chi connectivity index (χ0) is 16.0. The predicted molar refractivity (Wildman–Crippen MR) is 73.2 cm³/mol. The minimum Gasteiger partial charge on any atom is -0.479 e. The summed E-state index contributed by atoms with van der Waals surface area (Å²) >= 11 is 0. The number of carboxylic acids is 1. The quantitative estimate of drug-likeness (QED) is 0.505. The first-order valence-electron chi connectivity index (χ1n) is 6.88. The van der Waals surface area contributed by atoms with Crippen molar-refractivity contribution in [3.63, 3.8) is 0 Å². The number of aliphatic carboxylic acids is 1. The lowest BCUT2D eigenvalue weighted by Gasteiger charge is -2.16. The molecule has 0 bridgehead atoms. The molecular weight excluding hydrogens is 278 g/mol. The molecule has 0 amide bonds. The number of allylic oxidation sites excluding steroid dienone is 1. The lowest BCUT2D eigenvalue weighted by Crippen LogP contribution is -2.40. The van der Waals surface area contributed by atoms with Crippen LogP contribution in [-0.4, -0.2) is 41.8 Å². The Morgan fingerprint density at radius 1 is 1.29 bits per heavy atom. The van der Waals surface area contributed by atoms with E-state index in [-0.39, 0.29) is 25.6 Å². The maximum atomic E-state index is 11.4. The minimum atomic E-state index is -1.21. The van der Waals surface area contributed by atoms with Gasteiger partial charge in [0.2, 0.25) is 0 Å². The molecule has 2 N–H and O–H groups in total. The average Bonchev–Trinajstić information content (AvgIpc) is 3.03. The van der Waals surface area contributed by atoms with Gasteiger partial charge in [0.15, 0.2) is 0 Å². The number of carbonyl (C=O) groups is 3. The molecule has 0 radical (unpaired) electrons. The second kappa shape index (κ2) is 7.10. The lowest BCUT2D eigenvalue weighted by atomic mass is 10.1. The highest BCUT2D eigenvalue weighted by atomic mass is 16.5. The van der Waals surface area contributed by atoms with Crippen LogP contribution in [0.1, 0.15) is 33.6 Å². The fourth-order valence-electron chi connectivity index (χ4n) is 2.21. The van der Waals surface area contributed by atoms with Crippen molar-refractivity contribution in [2.24, 2.45) is 5.92 Å². The number of ether oxygens (including phenoxy) is 2. The molecule has 0 aliphatic heterocycles. The first-order valence-corrected chi connectivity index (χ1v) is 6.88. The van der Waals surface area contributed by atoms with E-state index < -0.39 is 23.4 Å². The van der Waals surface area contributed by atoms with Gasteiger partial charge in [0.25, 0.3) is 0 Å². The van der Waals surface area contributed by atoms with Gasteiger partial charge in [-0.05, 0) is 27.2 Å². The van der Waals surface area contributed by atoms with Crippen molar-refractivity contribution in [2.75, 3.05) is 13.2 Å². The summed E-state index contributed by atoms with van der Waals surface area (Å²) in [6.07, 6.45) is 1.56. The van der Waals surface area contributed by atoms with Crippen molar-refractivity contribution in [1.82, 2.24) is 5.32 Å². The van der Waals surface area contributed by atoms with E-state index >= 15 is 0 Å². The number of rotatable bonds is 8. The highest BCUT2D eigenvalue weighted by Gasteiger charge is 2.61. The monoisotopic (exact) mass is 299 g/mol. The topological polar surface area (TPSA) is 102 Å². The van der Waals surface area contributed by atoms with Gasteiger partial charge in [-0.3, -0.25) is 4.79 Å². The van der Waals surface area contributed by atoms with E-state index in [0.717, 1.165) is 0 Å². The van der Waals surface area contributed by atoms with Gasteiger partial charge in [-0.15, -0.1) is 0 Å². The molecule has 0 saturated heterocycles. The third-order valence-corrected chi connectivity index (χ3v) is 3.25. The molecular formula is C14H21NO6. The maximum Gasteiger partial charge on any atom is 0.332 e. The van der Waals surface area contributed by atoms with Crippen molar-refractivity contribution in [1.29, 1.82) is 0 Å². The predicted octanol–water partition coefficient (Wildman–Crippen LogP) is 0.839. The molecule has 2 unspecified atom stereocenters. The lowest BCUT2D eigenvalue weighted by molar-refractivity contribution is -0.144. The normalized spacial score (nSPS) is 24.1. The zero-order valence-electron chi connectivity index (χ0n) is 12.5. The molecule has 1 aliphatic carbocycles. The molecule has 7 heteroatoms. The van der Waals surface area contributed by atoms with Gasteiger partial charge in [-0.25, -0.2) is 9.59 Å². The van der Waals surface area contributed by atoms with Crippen LogP contribution in [0.15, 0.2) is 11.8 Å². The summed E-state index contributed by atoms with van der Waals surface area (Å²) in [5.74, 6) is -2.35. The summed E-state index contributed by atoms with van der Waals surface area (Å²) in [6, 6.07) is 0. The second-order valence-corrected chi connectivity index (χ2v) is 4.89. The third-order valence-electron chi connectivity index (χ3n) is 3.25. The van der Waals surface area contributed by atoms with Crippen LogP contribution in [-0.2, 0) is 23.9 Å². The largest absolute Gasteiger partial charge is 0.479 e. The molecule has 1 fully saturated rings. The van der Waals surface area contributed by atoms with Crippen molar-refractivity contribution < 1.29 is 29.0 Å². The van der Waals surface area contributed by atoms with Gasteiger partial charge in [-0.2, -0.15) is 0 Å². The molecule has 2 atom stereocenters. The van der Waals surface area contributed by atoms with E-state index in [0.29, 0.717) is 12.1 Å². The molecule has 1 saturated carbocycles. The molecule has 0 aromatic heterocycles. The number of hydrogen-bond donors (Lipinski definition) is 2. The number of carbonyl (C=O) groups excluding carboxylic acids is 2. The summed E-state index contributed by atoms with van der Waals surface area (Å²) in [6.45, 7) is 5.48. The van der Waals surface area contributed by atoms with Crippen LogP contribution in [0, 0.1) is 5.92 Å². The van der Waals surface area contributed by atoms with Crippen LogP contribution < -0.4 is 5.32 Å². The Bertz CT molecular complexity index is 458. The van der Waals surface area contributed by atoms with Gasteiger partial charge < -0.3 is 19.9 Å². The standard InChI is InChI=1S/C14H21NO6/c1-4-20-11(16)6-9(3)15-14(13(18)19)8-10(14)7-12(17)21-5-2/h6,10,15H,4-5,7-8H2,1-3H3,(H,18,19)/b9-6+. The fourth-order valence-corrected chi connectivity index (χ4v) is 2.21. The molecule has 7 nitrogen and oxygen atoms in total. The summed E-state index contributed by atoms with van der Waals surface area (Å²) in [7, 11) is 0. The Hall–Kier alpha value is -2.05. The van der Waals surface area contributed by atoms with Gasteiger partial charge in [0.05, 0.1) is 19.6 Å². The van der Waals surface area contributed by atoms with Crippen molar-refractivity contribution in [3.8, 4) is 0 Å². The first-order chi connectivity index (χ1) is 9.85. The smallest absolute Gasteiger partial charge is 0.332 e. The van der Waals surface area contributed by atoms with E-state index in [1.54, 1.807) is 20.8 Å². The molecule has 0 aromatic rings. The van der Waals surface area contributed by atoms with Gasteiger partial charge in [0, 0.05) is 17.7 Å². The average molecular weight is 299 g/mol. The Labute approximate surface area is 123 Å². The van der Waals surface area contributed by atoms with Gasteiger partial charge >= 0.3 is 17.9 Å². The van der Waals surface area contributed by atoms with Crippen molar-refractivity contribution >= 4 is 17.9 Å². The van der Waals surface area contributed by atoms with E-state index in [1.165, 1.54) is 6.08 Å². The summed E-state index contributed by atoms with van der Waals surface area (Å²) in [4.78, 5) is 34.2. The number of hydrogen-bond acceptors (Lipinski definition) is 6. The summed E-state index contributed by atoms with van der Waals surface area (Å²) < 4.78 is 9.57. The number of nitrogens with one attached hydrogen (secondary N) is 1. The van der Waals surface area contributed by atoms with Crippen LogP contribution in [0.4, 0.5) is 0 Å². The molecule has 0 spiro atoms. The van der Waals surface area contributed by atoms with Crippen LogP contribution in [0.3, 0.4) is 0 Å². The highest BCUT2D eigenvalue weighted by Crippen LogP contribution is 2.47. The zero-order valence-corrected chi connectivity index (χ0v) is 12.5. The highest BCUT2D eigenvalue weighted by molar-refractivity contribution is 5.86.